The van der Waals surface area contributed by atoms with E-state index in [9.17, 15) is 0 Å². The lowest BCUT2D eigenvalue weighted by Gasteiger charge is -1.99. The number of benzene rings is 1. The Hall–Kier alpha value is -1.79. The minimum atomic E-state index is 0.460. The molecule has 2 rings (SSSR count). The molecule has 1 aromatic heterocycles. The molecule has 0 radical (unpaired) electrons. The maximum Gasteiger partial charge on any atom is 0.186 e. The molecule has 0 unspecified atom stereocenters. The molecule has 0 aliphatic carbocycles. The minimum absolute atomic E-state index is 0.460. The number of nitrogens with one attached hydrogen (secondary N) is 2. The maximum atomic E-state index is 5.64. The van der Waals surface area contributed by atoms with Gasteiger partial charge in [0.25, 0.3) is 0 Å². The van der Waals surface area contributed by atoms with Crippen molar-refractivity contribution in [1.82, 2.24) is 10.7 Å². The molecule has 4 nitrogen and oxygen atoms in total. The number of hydrogen-bond donors (Lipinski definition) is 2. The molecule has 0 fully saturated rings. The van der Waals surface area contributed by atoms with Crippen molar-refractivity contribution in [2.75, 3.05) is 7.05 Å². The van der Waals surface area contributed by atoms with Crippen LogP contribution in [-0.4, -0.2) is 18.4 Å². The van der Waals surface area contributed by atoms with Crippen LogP contribution >= 0.6 is 24.0 Å². The molecule has 0 amide bonds. The SMILES string of the molecule is CNC(=S)N/N=C\c1ccc(Sc2ccc(C)cc2)o1. The van der Waals surface area contributed by atoms with Crippen molar-refractivity contribution < 1.29 is 4.42 Å². The number of furan rings is 1. The highest BCUT2D eigenvalue weighted by Crippen LogP contribution is 2.28. The number of aryl methyl sites for hydroxylation is 1. The van der Waals surface area contributed by atoms with Crippen LogP contribution in [0, 0.1) is 6.92 Å². The van der Waals surface area contributed by atoms with Crippen molar-refractivity contribution in [2.45, 2.75) is 16.9 Å². The number of nitrogens with zero attached hydrogens (tertiary/aromatic N) is 1. The topological polar surface area (TPSA) is 49.6 Å². The van der Waals surface area contributed by atoms with Gasteiger partial charge in [0.05, 0.1) is 6.21 Å². The predicted octanol–water partition coefficient (Wildman–Crippen LogP) is 3.17. The van der Waals surface area contributed by atoms with E-state index in [1.807, 2.05) is 12.1 Å². The fourth-order valence-electron chi connectivity index (χ4n) is 1.39. The summed E-state index contributed by atoms with van der Waals surface area (Å²) in [6, 6.07) is 12.1. The molecule has 20 heavy (non-hydrogen) atoms. The van der Waals surface area contributed by atoms with E-state index in [-0.39, 0.29) is 0 Å². The van der Waals surface area contributed by atoms with Gasteiger partial charge in [-0.15, -0.1) is 0 Å². The molecule has 0 aliphatic heterocycles. The molecule has 2 N–H and O–H groups in total. The van der Waals surface area contributed by atoms with Crippen molar-refractivity contribution in [3.05, 3.63) is 47.7 Å². The van der Waals surface area contributed by atoms with Crippen LogP contribution < -0.4 is 10.7 Å². The highest BCUT2D eigenvalue weighted by Gasteiger charge is 2.02. The highest BCUT2D eigenvalue weighted by molar-refractivity contribution is 7.99. The molecule has 0 bridgehead atoms. The van der Waals surface area contributed by atoms with Crippen LogP contribution in [0.15, 0.2) is 55.9 Å². The number of hydrazone groups is 1. The van der Waals surface area contributed by atoms with Crippen LogP contribution in [0.4, 0.5) is 0 Å². The second-order valence-electron chi connectivity index (χ2n) is 4.02. The fraction of sp³-hybridized carbons (Fsp3) is 0.143. The lowest BCUT2D eigenvalue weighted by molar-refractivity contribution is 0.469. The summed E-state index contributed by atoms with van der Waals surface area (Å²) < 4.78 is 5.64. The predicted molar refractivity (Wildman–Crippen MR) is 86.4 cm³/mol. The fourth-order valence-corrected chi connectivity index (χ4v) is 2.22. The third-order valence-corrected chi connectivity index (χ3v) is 3.65. The maximum absolute atomic E-state index is 5.64. The summed E-state index contributed by atoms with van der Waals surface area (Å²) in [4.78, 5) is 1.14. The normalized spacial score (nSPS) is 10.7. The van der Waals surface area contributed by atoms with Crippen LogP contribution in [0.25, 0.3) is 0 Å². The van der Waals surface area contributed by atoms with Gasteiger partial charge in [-0.05, 0) is 43.4 Å². The van der Waals surface area contributed by atoms with Crippen molar-refractivity contribution in [2.24, 2.45) is 5.10 Å². The zero-order valence-electron chi connectivity index (χ0n) is 11.2. The van der Waals surface area contributed by atoms with Gasteiger partial charge in [-0.1, -0.05) is 29.5 Å². The summed E-state index contributed by atoms with van der Waals surface area (Å²) in [5.41, 5.74) is 3.91. The standard InChI is InChI=1S/C14H15N3OS2/c1-10-3-6-12(7-4-10)20-13-8-5-11(18-13)9-16-17-14(19)15-2/h3-9H,1-2H3,(H2,15,17,19)/b16-9-. The molecular weight excluding hydrogens is 290 g/mol. The van der Waals surface area contributed by atoms with Gasteiger partial charge in [0, 0.05) is 11.9 Å². The van der Waals surface area contributed by atoms with E-state index >= 15 is 0 Å². The third kappa shape index (κ3) is 4.40. The minimum Gasteiger partial charge on any atom is -0.448 e. The molecule has 2 aromatic rings. The molecule has 0 saturated carbocycles. The van der Waals surface area contributed by atoms with E-state index in [4.69, 9.17) is 16.6 Å². The second kappa shape index (κ2) is 7.12. The third-order valence-electron chi connectivity index (χ3n) is 2.43. The first kappa shape index (κ1) is 14.6. The Kier molecular flexibility index (Phi) is 5.20. The Morgan fingerprint density at radius 1 is 1.25 bits per heavy atom. The van der Waals surface area contributed by atoms with E-state index in [1.54, 1.807) is 25.0 Å². The Morgan fingerprint density at radius 2 is 2.00 bits per heavy atom. The van der Waals surface area contributed by atoms with Crippen LogP contribution in [0.3, 0.4) is 0 Å². The summed E-state index contributed by atoms with van der Waals surface area (Å²) >= 11 is 6.48. The summed E-state index contributed by atoms with van der Waals surface area (Å²) in [6.07, 6.45) is 1.59. The van der Waals surface area contributed by atoms with E-state index in [2.05, 4.69) is 47.0 Å². The van der Waals surface area contributed by atoms with Gasteiger partial charge >= 0.3 is 0 Å². The molecular formula is C14H15N3OS2. The highest BCUT2D eigenvalue weighted by atomic mass is 32.2. The average Bonchev–Trinajstić information content (AvgIpc) is 2.89. The van der Waals surface area contributed by atoms with Gasteiger partial charge in [0.1, 0.15) is 5.76 Å². The van der Waals surface area contributed by atoms with E-state index in [1.165, 1.54) is 5.56 Å². The zero-order valence-corrected chi connectivity index (χ0v) is 12.8. The first-order chi connectivity index (χ1) is 9.67. The van der Waals surface area contributed by atoms with Gasteiger partial charge in [-0.25, -0.2) is 0 Å². The van der Waals surface area contributed by atoms with Gasteiger partial charge < -0.3 is 9.73 Å². The van der Waals surface area contributed by atoms with Crippen LogP contribution in [0.2, 0.25) is 0 Å². The molecule has 0 aliphatic rings. The van der Waals surface area contributed by atoms with Crippen molar-refractivity contribution in [3.63, 3.8) is 0 Å². The summed E-state index contributed by atoms with van der Waals surface area (Å²) in [6.45, 7) is 2.07. The first-order valence-corrected chi connectivity index (χ1v) is 7.25. The Bertz CT molecular complexity index is 605. The molecule has 104 valence electrons. The number of thiocarbonyl (C=S) groups is 1. The van der Waals surface area contributed by atoms with Crippen molar-refractivity contribution in [1.29, 1.82) is 0 Å². The quantitative estimate of drug-likeness (QED) is 0.516. The summed E-state index contributed by atoms with van der Waals surface area (Å²) in [5.74, 6) is 0.672. The number of hydrogen-bond acceptors (Lipinski definition) is 4. The lowest BCUT2D eigenvalue weighted by Crippen LogP contribution is -2.28. The van der Waals surface area contributed by atoms with Gasteiger partial charge in [0.2, 0.25) is 0 Å². The molecule has 0 atom stereocenters. The van der Waals surface area contributed by atoms with Crippen LogP contribution in [0.5, 0.6) is 0 Å². The lowest BCUT2D eigenvalue weighted by atomic mass is 10.2. The van der Waals surface area contributed by atoms with E-state index < -0.39 is 0 Å². The first-order valence-electron chi connectivity index (χ1n) is 6.02. The molecule has 6 heteroatoms. The van der Waals surface area contributed by atoms with Crippen molar-refractivity contribution >= 4 is 35.3 Å². The van der Waals surface area contributed by atoms with Gasteiger partial charge in [0.15, 0.2) is 10.2 Å². The second-order valence-corrected chi connectivity index (χ2v) is 5.51. The van der Waals surface area contributed by atoms with E-state index in [0.717, 1.165) is 9.99 Å². The monoisotopic (exact) mass is 305 g/mol. The van der Waals surface area contributed by atoms with Gasteiger partial charge in [-0.2, -0.15) is 5.10 Å². The zero-order chi connectivity index (χ0) is 14.4. The summed E-state index contributed by atoms with van der Waals surface area (Å²) in [7, 11) is 1.73. The molecule has 0 spiro atoms. The Labute approximate surface area is 127 Å². The van der Waals surface area contributed by atoms with Crippen LogP contribution in [0.1, 0.15) is 11.3 Å². The molecule has 1 heterocycles. The number of rotatable bonds is 4. The largest absolute Gasteiger partial charge is 0.448 e. The molecule has 1 aromatic carbocycles. The van der Waals surface area contributed by atoms with Crippen molar-refractivity contribution in [3.8, 4) is 0 Å². The Balaban J connectivity index is 1.95. The van der Waals surface area contributed by atoms with Gasteiger partial charge in [-0.3, -0.25) is 5.43 Å². The van der Waals surface area contributed by atoms with E-state index in [0.29, 0.717) is 10.9 Å². The Morgan fingerprint density at radius 3 is 2.70 bits per heavy atom. The molecule has 0 saturated heterocycles. The average molecular weight is 305 g/mol. The smallest absolute Gasteiger partial charge is 0.186 e. The van der Waals surface area contributed by atoms with Crippen LogP contribution in [-0.2, 0) is 0 Å². The summed E-state index contributed by atoms with van der Waals surface area (Å²) in [5, 5.41) is 8.01.